The molecule has 2 aliphatic rings. The van der Waals surface area contributed by atoms with Crippen LogP contribution in [0.2, 0.25) is 0 Å². The Morgan fingerprint density at radius 2 is 2.44 bits per heavy atom. The van der Waals surface area contributed by atoms with Crippen LogP contribution in [0, 0.1) is 5.92 Å². The quantitative estimate of drug-likeness (QED) is 0.890. The largest absolute Gasteiger partial charge is 0.384 e. The molecule has 1 fully saturated rings. The van der Waals surface area contributed by atoms with Crippen molar-refractivity contribution in [1.82, 2.24) is 0 Å². The Balaban J connectivity index is 1.83. The van der Waals surface area contributed by atoms with Gasteiger partial charge in [-0.2, -0.15) is 11.8 Å². The van der Waals surface area contributed by atoms with Crippen LogP contribution >= 0.6 is 23.1 Å². The fourth-order valence-electron chi connectivity index (χ4n) is 2.67. The molecular weight excluding hydrogens is 236 g/mol. The van der Waals surface area contributed by atoms with E-state index in [4.69, 9.17) is 0 Å². The normalized spacial score (nSPS) is 32.5. The van der Waals surface area contributed by atoms with Gasteiger partial charge in [-0.3, -0.25) is 0 Å². The highest BCUT2D eigenvalue weighted by atomic mass is 32.2. The SMILES string of the molecule is CCCC1CC1(O)c1cc2c(s1)CCSC2. The molecule has 0 spiro atoms. The highest BCUT2D eigenvalue weighted by Gasteiger charge is 2.54. The number of hydrogen-bond acceptors (Lipinski definition) is 3. The second-order valence-corrected chi connectivity index (χ2v) is 7.22. The summed E-state index contributed by atoms with van der Waals surface area (Å²) in [5.74, 6) is 2.94. The Bertz CT molecular complexity index is 375. The van der Waals surface area contributed by atoms with Crippen molar-refractivity contribution in [1.29, 1.82) is 0 Å². The van der Waals surface area contributed by atoms with E-state index in [0.717, 1.165) is 12.2 Å². The van der Waals surface area contributed by atoms with E-state index in [2.05, 4.69) is 13.0 Å². The van der Waals surface area contributed by atoms with E-state index in [1.807, 2.05) is 23.1 Å². The van der Waals surface area contributed by atoms with Gasteiger partial charge in [-0.25, -0.2) is 0 Å². The van der Waals surface area contributed by atoms with Gasteiger partial charge in [-0.1, -0.05) is 13.3 Å². The van der Waals surface area contributed by atoms with Gasteiger partial charge in [0, 0.05) is 15.5 Å². The summed E-state index contributed by atoms with van der Waals surface area (Å²) in [6, 6.07) is 2.28. The molecule has 1 nitrogen and oxygen atoms in total. The minimum Gasteiger partial charge on any atom is -0.384 e. The second kappa shape index (κ2) is 4.04. The molecule has 1 aromatic rings. The number of fused-ring (bicyclic) bond motifs is 1. The van der Waals surface area contributed by atoms with Crippen molar-refractivity contribution < 1.29 is 5.11 Å². The molecule has 2 atom stereocenters. The number of thiophene rings is 1. The first-order valence-electron chi connectivity index (χ1n) is 6.16. The molecule has 0 bridgehead atoms. The lowest BCUT2D eigenvalue weighted by Crippen LogP contribution is -2.06. The topological polar surface area (TPSA) is 20.2 Å². The van der Waals surface area contributed by atoms with E-state index in [-0.39, 0.29) is 0 Å². The predicted molar refractivity (Wildman–Crippen MR) is 71.1 cm³/mol. The molecular formula is C13H18OS2. The van der Waals surface area contributed by atoms with Crippen molar-refractivity contribution in [2.45, 2.75) is 44.0 Å². The number of aryl methyl sites for hydroxylation is 1. The summed E-state index contributed by atoms with van der Waals surface area (Å²) in [4.78, 5) is 2.78. The molecule has 16 heavy (non-hydrogen) atoms. The van der Waals surface area contributed by atoms with E-state index < -0.39 is 5.60 Å². The van der Waals surface area contributed by atoms with Gasteiger partial charge in [0.15, 0.2) is 0 Å². The molecule has 3 heteroatoms. The number of rotatable bonds is 3. The lowest BCUT2D eigenvalue weighted by molar-refractivity contribution is 0.133. The van der Waals surface area contributed by atoms with Crippen LogP contribution in [0.15, 0.2) is 6.07 Å². The zero-order valence-corrected chi connectivity index (χ0v) is 11.3. The van der Waals surface area contributed by atoms with Crippen LogP contribution in [0.1, 0.15) is 41.5 Å². The summed E-state index contributed by atoms with van der Waals surface area (Å²) in [5.41, 5.74) is 1.05. The van der Waals surface area contributed by atoms with E-state index >= 15 is 0 Å². The second-order valence-electron chi connectivity index (χ2n) is 4.98. The monoisotopic (exact) mass is 254 g/mol. The first-order chi connectivity index (χ1) is 7.74. The highest BCUT2D eigenvalue weighted by Crippen LogP contribution is 2.56. The predicted octanol–water partition coefficient (Wildman–Crippen LogP) is 3.55. The van der Waals surface area contributed by atoms with Crippen LogP contribution in [-0.2, 0) is 17.8 Å². The number of thioether (sulfide) groups is 1. The minimum absolute atomic E-state index is 0.442. The van der Waals surface area contributed by atoms with Crippen molar-refractivity contribution in [3.8, 4) is 0 Å². The molecule has 2 heterocycles. The third-order valence-corrected chi connectivity index (χ3v) is 6.18. The standard InChI is InChI=1S/C13H18OS2/c1-2-3-10-7-13(10,14)12-6-9-8-15-5-4-11(9)16-12/h6,10,14H,2-5,7-8H2,1H3. The van der Waals surface area contributed by atoms with E-state index in [1.165, 1.54) is 40.3 Å². The molecule has 0 radical (unpaired) electrons. The zero-order valence-electron chi connectivity index (χ0n) is 9.66. The molecule has 1 aliphatic heterocycles. The molecule has 3 rings (SSSR count). The summed E-state index contributed by atoms with van der Waals surface area (Å²) >= 11 is 3.89. The lowest BCUT2D eigenvalue weighted by atomic mass is 10.1. The minimum atomic E-state index is -0.442. The molecule has 88 valence electrons. The lowest BCUT2D eigenvalue weighted by Gasteiger charge is -2.08. The van der Waals surface area contributed by atoms with E-state index in [1.54, 1.807) is 0 Å². The Morgan fingerprint density at radius 1 is 1.56 bits per heavy atom. The van der Waals surface area contributed by atoms with Crippen molar-refractivity contribution >= 4 is 23.1 Å². The molecule has 1 aromatic heterocycles. The molecule has 2 unspecified atom stereocenters. The summed E-state index contributed by atoms with van der Waals surface area (Å²) in [5, 5.41) is 10.5. The smallest absolute Gasteiger partial charge is 0.102 e. The first kappa shape index (κ1) is 11.1. The van der Waals surface area contributed by atoms with Gasteiger partial charge in [0.2, 0.25) is 0 Å². The Morgan fingerprint density at radius 3 is 3.19 bits per heavy atom. The number of hydrogen-bond donors (Lipinski definition) is 1. The van der Waals surface area contributed by atoms with Crippen molar-refractivity contribution in [3.05, 3.63) is 21.4 Å². The molecule has 0 saturated heterocycles. The van der Waals surface area contributed by atoms with E-state index in [0.29, 0.717) is 5.92 Å². The van der Waals surface area contributed by atoms with Gasteiger partial charge in [-0.05, 0) is 42.6 Å². The van der Waals surface area contributed by atoms with Crippen LogP contribution in [-0.4, -0.2) is 10.9 Å². The third-order valence-electron chi connectivity index (χ3n) is 3.76. The molecule has 1 N–H and O–H groups in total. The highest BCUT2D eigenvalue weighted by molar-refractivity contribution is 7.98. The van der Waals surface area contributed by atoms with Gasteiger partial charge in [0.25, 0.3) is 0 Å². The zero-order chi connectivity index (χ0) is 11.2. The van der Waals surface area contributed by atoms with Crippen LogP contribution in [0.3, 0.4) is 0 Å². The fourth-order valence-corrected chi connectivity index (χ4v) is 5.22. The molecule has 0 amide bonds. The first-order valence-corrected chi connectivity index (χ1v) is 8.13. The summed E-state index contributed by atoms with van der Waals surface area (Å²) < 4.78 is 0. The van der Waals surface area contributed by atoms with Gasteiger partial charge in [0.1, 0.15) is 5.60 Å². The maximum Gasteiger partial charge on any atom is 0.102 e. The van der Waals surface area contributed by atoms with Gasteiger partial charge >= 0.3 is 0 Å². The van der Waals surface area contributed by atoms with E-state index in [9.17, 15) is 5.11 Å². The van der Waals surface area contributed by atoms with Crippen molar-refractivity contribution in [3.63, 3.8) is 0 Å². The average Bonchev–Trinajstić information content (AvgIpc) is 2.78. The third kappa shape index (κ3) is 1.73. The summed E-state index contributed by atoms with van der Waals surface area (Å²) in [6.07, 6.45) is 4.56. The van der Waals surface area contributed by atoms with Crippen LogP contribution < -0.4 is 0 Å². The maximum absolute atomic E-state index is 10.5. The van der Waals surface area contributed by atoms with Crippen molar-refractivity contribution in [2.24, 2.45) is 5.92 Å². The Kier molecular flexibility index (Phi) is 2.81. The summed E-state index contributed by atoms with van der Waals surface area (Å²) in [6.45, 7) is 2.20. The van der Waals surface area contributed by atoms with Crippen LogP contribution in [0.25, 0.3) is 0 Å². The van der Waals surface area contributed by atoms with Gasteiger partial charge < -0.3 is 5.11 Å². The van der Waals surface area contributed by atoms with Crippen LogP contribution in [0.4, 0.5) is 0 Å². The molecule has 1 aliphatic carbocycles. The summed E-state index contributed by atoms with van der Waals surface area (Å²) in [7, 11) is 0. The molecule has 0 aromatic carbocycles. The van der Waals surface area contributed by atoms with Gasteiger partial charge in [0.05, 0.1) is 0 Å². The van der Waals surface area contributed by atoms with Crippen molar-refractivity contribution in [2.75, 3.05) is 5.75 Å². The molecule has 1 saturated carbocycles. The van der Waals surface area contributed by atoms with Crippen LogP contribution in [0.5, 0.6) is 0 Å². The van der Waals surface area contributed by atoms with Gasteiger partial charge in [-0.15, -0.1) is 11.3 Å². The average molecular weight is 254 g/mol. The Labute approximate surface area is 105 Å². The fraction of sp³-hybridized carbons (Fsp3) is 0.692. The number of aliphatic hydroxyl groups is 1. The Hall–Kier alpha value is 0.01000. The maximum atomic E-state index is 10.5.